The lowest BCUT2D eigenvalue weighted by molar-refractivity contribution is 0.122. The van der Waals surface area contributed by atoms with Gasteiger partial charge in [-0.15, -0.1) is 0 Å². The molecule has 5 rings (SSSR count). The van der Waals surface area contributed by atoms with Crippen molar-refractivity contribution < 1.29 is 4.74 Å². The van der Waals surface area contributed by atoms with Gasteiger partial charge < -0.3 is 15.4 Å². The number of anilines is 1. The molecule has 35 heavy (non-hydrogen) atoms. The highest BCUT2D eigenvalue weighted by atomic mass is 35.5. The maximum absolute atomic E-state index is 8.80. The summed E-state index contributed by atoms with van der Waals surface area (Å²) in [5.74, 6) is 1.36. The van der Waals surface area contributed by atoms with Crippen LogP contribution in [0.25, 0.3) is 27.6 Å². The van der Waals surface area contributed by atoms with Gasteiger partial charge in [-0.25, -0.2) is 9.98 Å². The van der Waals surface area contributed by atoms with Gasteiger partial charge in [-0.05, 0) is 31.2 Å². The molecule has 4 aromatic rings. The number of fused-ring (bicyclic) bond motifs is 2. The number of hydrogen-bond acceptors (Lipinski definition) is 5. The molecule has 2 aromatic carbocycles. The zero-order valence-electron chi connectivity index (χ0n) is 20.0. The predicted octanol–water partition coefficient (Wildman–Crippen LogP) is 4.71. The highest BCUT2D eigenvalue weighted by Gasteiger charge is 2.21. The Morgan fingerprint density at radius 2 is 1.94 bits per heavy atom. The summed E-state index contributed by atoms with van der Waals surface area (Å²) in [5, 5.41) is 10.3. The van der Waals surface area contributed by atoms with Crippen LogP contribution in [-0.4, -0.2) is 52.5 Å². The number of aromatic nitrogens is 3. The van der Waals surface area contributed by atoms with Gasteiger partial charge in [0.25, 0.3) is 0 Å². The fourth-order valence-electron chi connectivity index (χ4n) is 4.41. The Hall–Kier alpha value is -3.49. The van der Waals surface area contributed by atoms with Crippen LogP contribution in [0.2, 0.25) is 5.02 Å². The van der Waals surface area contributed by atoms with E-state index in [9.17, 15) is 0 Å². The Kier molecular flexibility index (Phi) is 6.17. The van der Waals surface area contributed by atoms with Gasteiger partial charge in [0.15, 0.2) is 5.84 Å². The molecule has 0 saturated carbocycles. The van der Waals surface area contributed by atoms with Crippen LogP contribution in [0.15, 0.2) is 47.6 Å². The van der Waals surface area contributed by atoms with Crippen LogP contribution >= 0.6 is 11.6 Å². The lowest BCUT2D eigenvalue weighted by atomic mass is 10.1. The molecule has 2 aromatic heterocycles. The van der Waals surface area contributed by atoms with Crippen LogP contribution in [0.5, 0.6) is 0 Å². The third-order valence-corrected chi connectivity index (χ3v) is 6.62. The maximum Gasteiger partial charge on any atom is 0.156 e. The average molecular weight is 490 g/mol. The van der Waals surface area contributed by atoms with E-state index in [0.29, 0.717) is 35.2 Å². The van der Waals surface area contributed by atoms with Crippen LogP contribution in [0.1, 0.15) is 25.2 Å². The summed E-state index contributed by atoms with van der Waals surface area (Å²) in [4.78, 5) is 16.1. The van der Waals surface area contributed by atoms with Crippen molar-refractivity contribution in [2.75, 3.05) is 31.2 Å². The van der Waals surface area contributed by atoms with Gasteiger partial charge in [0.2, 0.25) is 0 Å². The van der Waals surface area contributed by atoms with E-state index < -0.39 is 0 Å². The Balaban J connectivity index is 1.78. The number of para-hydroxylation sites is 1. The molecule has 0 amide bonds. The minimum Gasteiger partial charge on any atom is -0.387 e. The number of nitrogens with zero attached hydrogens (tertiary/aromatic N) is 5. The molecule has 1 saturated heterocycles. The van der Waals surface area contributed by atoms with Crippen LogP contribution in [0.4, 0.5) is 5.69 Å². The van der Waals surface area contributed by atoms with Gasteiger partial charge in [-0.1, -0.05) is 37.6 Å². The molecule has 1 aliphatic rings. The first-order valence-electron chi connectivity index (χ1n) is 11.7. The first-order valence-corrected chi connectivity index (χ1v) is 12.1. The number of aliphatic imine (C=N–C) groups is 1. The number of halogens is 1. The standard InChI is InChI=1S/C26H28ClN7O/c1-15(2)25(28)32-26(29)19-13-17(33-9-11-35-12-10-33)14-22-24(19)31-16(3)34(22)21-7-8-30-23-18(21)5-4-6-20(23)27/h4-8,13-15H,9-12H2,1-3H3,(H3,28,29,32). The minimum absolute atomic E-state index is 0.0421. The Morgan fingerprint density at radius 1 is 1.17 bits per heavy atom. The Morgan fingerprint density at radius 3 is 2.69 bits per heavy atom. The summed E-state index contributed by atoms with van der Waals surface area (Å²) in [6, 6.07) is 11.9. The van der Waals surface area contributed by atoms with E-state index in [2.05, 4.69) is 25.5 Å². The molecule has 0 atom stereocenters. The number of amidine groups is 2. The lowest BCUT2D eigenvalue weighted by Gasteiger charge is -2.29. The van der Waals surface area contributed by atoms with Crippen molar-refractivity contribution in [3.8, 4) is 5.69 Å². The summed E-state index contributed by atoms with van der Waals surface area (Å²) < 4.78 is 7.67. The Labute approximate surface area is 208 Å². The zero-order chi connectivity index (χ0) is 24.7. The van der Waals surface area contributed by atoms with Gasteiger partial charge >= 0.3 is 0 Å². The van der Waals surface area contributed by atoms with Crippen molar-refractivity contribution in [3.63, 3.8) is 0 Å². The fraction of sp³-hybridized carbons (Fsp3) is 0.308. The molecule has 0 radical (unpaired) electrons. The number of nitrogens with one attached hydrogen (secondary N) is 1. The molecule has 0 aliphatic carbocycles. The summed E-state index contributed by atoms with van der Waals surface area (Å²) in [5.41, 5.74) is 11.0. The monoisotopic (exact) mass is 489 g/mol. The van der Waals surface area contributed by atoms with Crippen molar-refractivity contribution in [1.29, 1.82) is 5.41 Å². The molecular formula is C26H28ClN7O. The van der Waals surface area contributed by atoms with Crippen LogP contribution < -0.4 is 10.6 Å². The second kappa shape index (κ2) is 9.28. The normalized spacial score (nSPS) is 14.9. The number of morpholine rings is 1. The van der Waals surface area contributed by atoms with Crippen LogP contribution in [0, 0.1) is 18.3 Å². The number of benzene rings is 2. The molecule has 1 aliphatic heterocycles. The second-order valence-electron chi connectivity index (χ2n) is 8.96. The van der Waals surface area contributed by atoms with Crippen molar-refractivity contribution >= 4 is 50.9 Å². The summed E-state index contributed by atoms with van der Waals surface area (Å²) >= 11 is 6.46. The highest BCUT2D eigenvalue weighted by Crippen LogP contribution is 2.33. The molecule has 3 N–H and O–H groups in total. The third-order valence-electron chi connectivity index (χ3n) is 6.32. The predicted molar refractivity (Wildman–Crippen MR) is 142 cm³/mol. The number of ether oxygens (including phenoxy) is 1. The molecule has 0 spiro atoms. The van der Waals surface area contributed by atoms with Crippen LogP contribution in [0.3, 0.4) is 0 Å². The number of pyridine rings is 1. The number of imidazole rings is 1. The summed E-state index contributed by atoms with van der Waals surface area (Å²) in [7, 11) is 0. The van der Waals surface area contributed by atoms with Gasteiger partial charge in [-0.3, -0.25) is 15.0 Å². The third kappa shape index (κ3) is 4.24. The number of hydrogen-bond donors (Lipinski definition) is 2. The van der Waals surface area contributed by atoms with Gasteiger partial charge in [-0.2, -0.15) is 0 Å². The Bertz CT molecular complexity index is 1470. The molecule has 3 heterocycles. The molecule has 9 heteroatoms. The van der Waals surface area contributed by atoms with Crippen molar-refractivity contribution in [3.05, 3.63) is 59.0 Å². The van der Waals surface area contributed by atoms with Gasteiger partial charge in [0.1, 0.15) is 17.2 Å². The molecule has 0 unspecified atom stereocenters. The van der Waals surface area contributed by atoms with E-state index >= 15 is 0 Å². The maximum atomic E-state index is 8.80. The van der Waals surface area contributed by atoms with E-state index in [1.165, 1.54) is 0 Å². The van der Waals surface area contributed by atoms with Crippen molar-refractivity contribution in [2.45, 2.75) is 20.8 Å². The SMILES string of the molecule is Cc1nc2c(C(=N)N=C(N)C(C)C)cc(N3CCOCC3)cc2n1-c1ccnc2c(Cl)cccc12. The first-order chi connectivity index (χ1) is 16.8. The number of aryl methyl sites for hydroxylation is 1. The van der Waals surface area contributed by atoms with Crippen LogP contribution in [-0.2, 0) is 4.74 Å². The molecule has 8 nitrogen and oxygen atoms in total. The van der Waals surface area contributed by atoms with E-state index in [1.807, 2.05) is 51.1 Å². The number of nitrogens with two attached hydrogens (primary N) is 1. The minimum atomic E-state index is 0.0421. The quantitative estimate of drug-likeness (QED) is 0.319. The van der Waals surface area contributed by atoms with Gasteiger partial charge in [0.05, 0.1) is 35.0 Å². The van der Waals surface area contributed by atoms with E-state index in [-0.39, 0.29) is 11.8 Å². The number of rotatable bonds is 4. The molecule has 1 fully saturated rings. The summed E-state index contributed by atoms with van der Waals surface area (Å²) in [6.07, 6.45) is 1.76. The van der Waals surface area contributed by atoms with E-state index in [1.54, 1.807) is 6.20 Å². The highest BCUT2D eigenvalue weighted by molar-refractivity contribution is 6.35. The smallest absolute Gasteiger partial charge is 0.156 e. The van der Waals surface area contributed by atoms with E-state index in [4.69, 9.17) is 32.5 Å². The average Bonchev–Trinajstić information content (AvgIpc) is 3.19. The van der Waals surface area contributed by atoms with Crippen molar-refractivity contribution in [1.82, 2.24) is 14.5 Å². The van der Waals surface area contributed by atoms with E-state index in [0.717, 1.165) is 46.7 Å². The van der Waals surface area contributed by atoms with Gasteiger partial charge in [0, 0.05) is 41.8 Å². The molecule has 0 bridgehead atoms. The summed E-state index contributed by atoms with van der Waals surface area (Å²) in [6.45, 7) is 8.76. The fourth-order valence-corrected chi connectivity index (χ4v) is 4.63. The van der Waals surface area contributed by atoms with Crippen molar-refractivity contribution in [2.24, 2.45) is 16.6 Å². The molecule has 180 valence electrons. The lowest BCUT2D eigenvalue weighted by Crippen LogP contribution is -2.36. The molecular weight excluding hydrogens is 462 g/mol. The topological polar surface area (TPSA) is 105 Å². The second-order valence-corrected chi connectivity index (χ2v) is 9.37. The largest absolute Gasteiger partial charge is 0.387 e. The first kappa shape index (κ1) is 23.3. The zero-order valence-corrected chi connectivity index (χ0v) is 20.8.